The van der Waals surface area contributed by atoms with E-state index in [9.17, 15) is 0 Å². The first-order chi connectivity index (χ1) is 9.38. The van der Waals surface area contributed by atoms with Crippen LogP contribution in [-0.4, -0.2) is 12.6 Å². The molecule has 1 aromatic carbocycles. The largest absolute Gasteiger partial charge is 0.488 e. The van der Waals surface area contributed by atoms with Gasteiger partial charge in [-0.15, -0.1) is 0 Å². The monoisotopic (exact) mass is 275 g/mol. The average molecular weight is 275 g/mol. The van der Waals surface area contributed by atoms with Crippen molar-refractivity contribution in [3.05, 3.63) is 28.8 Å². The highest BCUT2D eigenvalue weighted by Gasteiger charge is 2.36. The Morgan fingerprint density at radius 2 is 1.90 bits per heavy atom. The van der Waals surface area contributed by atoms with Crippen molar-refractivity contribution in [2.24, 2.45) is 0 Å². The van der Waals surface area contributed by atoms with Crippen LogP contribution >= 0.6 is 0 Å². The molecule has 1 aliphatic rings. The highest BCUT2D eigenvalue weighted by atomic mass is 16.5. The summed E-state index contributed by atoms with van der Waals surface area (Å²) in [7, 11) is 0. The lowest BCUT2D eigenvalue weighted by Crippen LogP contribution is -2.30. The predicted octanol–water partition coefficient (Wildman–Crippen LogP) is 4.50. The van der Waals surface area contributed by atoms with E-state index in [0.29, 0.717) is 6.04 Å². The molecule has 1 N–H and O–H groups in total. The molecule has 2 nitrogen and oxygen atoms in total. The first kappa shape index (κ1) is 15.4. The first-order valence-corrected chi connectivity index (χ1v) is 7.93. The van der Waals surface area contributed by atoms with E-state index in [0.717, 1.165) is 25.1 Å². The van der Waals surface area contributed by atoms with Gasteiger partial charge in [-0.1, -0.05) is 58.7 Å². The summed E-state index contributed by atoms with van der Waals surface area (Å²) in [5.74, 6) is 1.13. The van der Waals surface area contributed by atoms with Crippen LogP contribution in [0.25, 0.3) is 0 Å². The van der Waals surface area contributed by atoms with Crippen molar-refractivity contribution < 1.29 is 4.74 Å². The standard InChI is InChI=1S/C18H29NO/c1-7-9-15-16(19-8-2)13-10-12(3)11-14(17(13)20-15)18(4,5)6/h10-11,15-16,19H,7-9H2,1-6H3. The van der Waals surface area contributed by atoms with Gasteiger partial charge in [0.25, 0.3) is 0 Å². The smallest absolute Gasteiger partial charge is 0.128 e. The maximum absolute atomic E-state index is 6.36. The van der Waals surface area contributed by atoms with Crippen molar-refractivity contribution in [3.63, 3.8) is 0 Å². The number of rotatable bonds is 4. The second-order valence-electron chi connectivity index (χ2n) is 6.96. The Morgan fingerprint density at radius 3 is 2.45 bits per heavy atom. The maximum Gasteiger partial charge on any atom is 0.128 e. The Morgan fingerprint density at radius 1 is 1.20 bits per heavy atom. The second-order valence-corrected chi connectivity index (χ2v) is 6.96. The van der Waals surface area contributed by atoms with Crippen molar-refractivity contribution in [3.8, 4) is 5.75 Å². The fraction of sp³-hybridized carbons (Fsp3) is 0.667. The summed E-state index contributed by atoms with van der Waals surface area (Å²) in [5.41, 5.74) is 4.15. The molecule has 2 heteroatoms. The Kier molecular flexibility index (Phi) is 4.43. The number of hydrogen-bond donors (Lipinski definition) is 1. The molecule has 0 aromatic heterocycles. The molecule has 2 unspecified atom stereocenters. The summed E-state index contributed by atoms with van der Waals surface area (Å²) >= 11 is 0. The van der Waals surface area contributed by atoms with Gasteiger partial charge < -0.3 is 10.1 Å². The minimum atomic E-state index is 0.119. The molecule has 0 saturated heterocycles. The van der Waals surface area contributed by atoms with E-state index in [1.165, 1.54) is 16.7 Å². The summed E-state index contributed by atoms with van der Waals surface area (Å²) in [6, 6.07) is 4.93. The van der Waals surface area contributed by atoms with Crippen LogP contribution in [0.1, 0.15) is 70.2 Å². The molecular formula is C18H29NO. The van der Waals surface area contributed by atoms with Gasteiger partial charge in [0.05, 0.1) is 6.04 Å². The van der Waals surface area contributed by atoms with Gasteiger partial charge in [-0.2, -0.15) is 0 Å². The molecule has 20 heavy (non-hydrogen) atoms. The predicted molar refractivity (Wildman–Crippen MR) is 85.6 cm³/mol. The van der Waals surface area contributed by atoms with Crippen LogP contribution in [0.15, 0.2) is 12.1 Å². The third kappa shape index (κ3) is 2.85. The Bertz CT molecular complexity index is 473. The highest BCUT2D eigenvalue weighted by Crippen LogP contribution is 2.45. The van der Waals surface area contributed by atoms with Crippen molar-refractivity contribution in [1.29, 1.82) is 0 Å². The fourth-order valence-corrected chi connectivity index (χ4v) is 3.11. The lowest BCUT2D eigenvalue weighted by Gasteiger charge is -2.23. The SMILES string of the molecule is CCCC1Oc2c(cc(C)cc2C(C)(C)C)C1NCC. The quantitative estimate of drug-likeness (QED) is 0.873. The second kappa shape index (κ2) is 5.77. The molecule has 0 fully saturated rings. The summed E-state index contributed by atoms with van der Waals surface area (Å²) < 4.78 is 6.36. The van der Waals surface area contributed by atoms with Crippen LogP contribution in [-0.2, 0) is 5.41 Å². The van der Waals surface area contributed by atoms with Gasteiger partial charge in [0.1, 0.15) is 11.9 Å². The van der Waals surface area contributed by atoms with Crippen LogP contribution in [0.2, 0.25) is 0 Å². The van der Waals surface area contributed by atoms with Gasteiger partial charge in [-0.05, 0) is 25.3 Å². The van der Waals surface area contributed by atoms with Gasteiger partial charge in [0.15, 0.2) is 0 Å². The van der Waals surface area contributed by atoms with E-state index in [4.69, 9.17) is 4.74 Å². The Balaban J connectivity index is 2.49. The van der Waals surface area contributed by atoms with Crippen LogP contribution in [0.5, 0.6) is 5.75 Å². The molecule has 1 aliphatic heterocycles. The third-order valence-corrected chi connectivity index (χ3v) is 4.04. The zero-order chi connectivity index (χ0) is 14.9. The summed E-state index contributed by atoms with van der Waals surface area (Å²) in [6.07, 6.45) is 2.54. The molecule has 0 radical (unpaired) electrons. The zero-order valence-corrected chi connectivity index (χ0v) is 13.8. The molecule has 2 rings (SSSR count). The lowest BCUT2D eigenvalue weighted by atomic mass is 9.83. The number of nitrogens with one attached hydrogen (secondary N) is 1. The molecule has 1 heterocycles. The van der Waals surface area contributed by atoms with E-state index in [1.807, 2.05) is 0 Å². The van der Waals surface area contributed by atoms with E-state index in [-0.39, 0.29) is 11.5 Å². The maximum atomic E-state index is 6.36. The van der Waals surface area contributed by atoms with Crippen LogP contribution in [0.4, 0.5) is 0 Å². The van der Waals surface area contributed by atoms with Crippen molar-refractivity contribution in [2.75, 3.05) is 6.54 Å². The van der Waals surface area contributed by atoms with Crippen LogP contribution < -0.4 is 10.1 Å². The van der Waals surface area contributed by atoms with E-state index in [2.05, 4.69) is 59.0 Å². The fourth-order valence-electron chi connectivity index (χ4n) is 3.11. The number of hydrogen-bond acceptors (Lipinski definition) is 2. The van der Waals surface area contributed by atoms with Crippen LogP contribution in [0, 0.1) is 6.92 Å². The highest BCUT2D eigenvalue weighted by molar-refractivity contribution is 5.52. The molecular weight excluding hydrogens is 246 g/mol. The molecule has 2 atom stereocenters. The van der Waals surface area contributed by atoms with E-state index >= 15 is 0 Å². The lowest BCUT2D eigenvalue weighted by molar-refractivity contribution is 0.176. The van der Waals surface area contributed by atoms with Gasteiger partial charge in [0.2, 0.25) is 0 Å². The Hall–Kier alpha value is -1.02. The number of benzene rings is 1. The normalized spacial score (nSPS) is 21.7. The number of fused-ring (bicyclic) bond motifs is 1. The van der Waals surface area contributed by atoms with Gasteiger partial charge in [-0.25, -0.2) is 0 Å². The summed E-state index contributed by atoms with van der Waals surface area (Å²) in [5, 5.41) is 3.62. The van der Waals surface area contributed by atoms with Gasteiger partial charge in [0, 0.05) is 11.1 Å². The van der Waals surface area contributed by atoms with Crippen molar-refractivity contribution in [1.82, 2.24) is 5.32 Å². The number of ether oxygens (including phenoxy) is 1. The Labute approximate surface area is 123 Å². The van der Waals surface area contributed by atoms with Crippen molar-refractivity contribution >= 4 is 0 Å². The molecule has 112 valence electrons. The van der Waals surface area contributed by atoms with E-state index < -0.39 is 0 Å². The van der Waals surface area contributed by atoms with Gasteiger partial charge >= 0.3 is 0 Å². The van der Waals surface area contributed by atoms with Crippen molar-refractivity contribution in [2.45, 2.75) is 71.9 Å². The molecule has 0 spiro atoms. The minimum Gasteiger partial charge on any atom is -0.488 e. The average Bonchev–Trinajstić information content (AvgIpc) is 2.67. The molecule has 0 saturated carbocycles. The third-order valence-electron chi connectivity index (χ3n) is 4.04. The van der Waals surface area contributed by atoms with Gasteiger partial charge in [-0.3, -0.25) is 0 Å². The molecule has 1 aromatic rings. The first-order valence-electron chi connectivity index (χ1n) is 7.93. The van der Waals surface area contributed by atoms with E-state index in [1.54, 1.807) is 0 Å². The minimum absolute atomic E-state index is 0.119. The zero-order valence-electron chi connectivity index (χ0n) is 13.8. The van der Waals surface area contributed by atoms with Crippen LogP contribution in [0.3, 0.4) is 0 Å². The summed E-state index contributed by atoms with van der Waals surface area (Å²) in [4.78, 5) is 0. The summed E-state index contributed by atoms with van der Waals surface area (Å²) in [6.45, 7) is 14.4. The number of aryl methyl sites for hydroxylation is 1. The number of likely N-dealkylation sites (N-methyl/N-ethyl adjacent to an activating group) is 1. The molecule has 0 bridgehead atoms. The molecule has 0 aliphatic carbocycles. The topological polar surface area (TPSA) is 21.3 Å². The molecule has 0 amide bonds.